The van der Waals surface area contributed by atoms with Gasteiger partial charge in [-0.25, -0.2) is 19.6 Å². The maximum Gasteiger partial charge on any atom is 0.410 e. The molecule has 0 saturated carbocycles. The van der Waals surface area contributed by atoms with Gasteiger partial charge in [-0.15, -0.1) is 0 Å². The lowest BCUT2D eigenvalue weighted by molar-refractivity contribution is -0.0254. The predicted octanol–water partition coefficient (Wildman–Crippen LogP) is 12.4. The predicted molar refractivity (Wildman–Crippen MR) is 335 cm³/mol. The number of carbonyl (C=O) groups excluding carboxylic acids is 3. The molecule has 4 fully saturated rings. The summed E-state index contributed by atoms with van der Waals surface area (Å²) in [4.78, 5) is 65.6. The number of fused-ring (bicyclic) bond motifs is 4. The highest BCUT2D eigenvalue weighted by Crippen LogP contribution is 2.54. The normalized spacial score (nSPS) is 21.1. The third-order valence-corrected chi connectivity index (χ3v) is 16.0. The summed E-state index contributed by atoms with van der Waals surface area (Å²) in [5.41, 5.74) is 9.12. The monoisotopic (exact) mass is 1220 g/mol. The van der Waals surface area contributed by atoms with E-state index in [-0.39, 0.29) is 57.4 Å². The fraction of sp³-hybridized carbons (Fsp3) is 0.453. The third-order valence-electron chi connectivity index (χ3n) is 15.2. The molecule has 8 heterocycles. The molecule has 2 amide bonds. The number of ether oxygens (including phenoxy) is 4. The SMILES string of the molecule is C.C.Cn1cncc1C(=O)C1=Cc2cccnc2[C@@H](N2CCN(C(=O)OC(C)(C)C)CC2)c2ccc(Cl)cc21.Cn1cncc1C1(C2=Cc3cccnc3[C@@H](N3CCN(C(=O)OC(C)(C)C)CC3)c3ccc(Cl)cc32)CO1.[2H]CSOC1CCCO1. The lowest BCUT2D eigenvalue weighted by atomic mass is 9.86. The number of aryl methyl sites for hydroxylation is 2. The van der Waals surface area contributed by atoms with Gasteiger partial charge in [-0.2, -0.15) is 0 Å². The average molecular weight is 1220 g/mol. The van der Waals surface area contributed by atoms with Crippen molar-refractivity contribution in [1.82, 2.24) is 48.7 Å². The number of hydrogen-bond donors (Lipinski definition) is 0. The Bertz CT molecular complexity index is 3430. The maximum absolute atomic E-state index is 13.8. The number of ketones is 1. The van der Waals surface area contributed by atoms with Crippen molar-refractivity contribution in [2.45, 2.75) is 104 Å². The van der Waals surface area contributed by atoms with Crippen LogP contribution >= 0.6 is 35.2 Å². The first-order valence-corrected chi connectivity index (χ1v) is 29.6. The van der Waals surface area contributed by atoms with Crippen molar-refractivity contribution in [2.24, 2.45) is 14.1 Å². The minimum atomic E-state index is -0.595. The number of allylic oxidation sites excluding steroid dienone is 1. The number of nitrogens with zero attached hydrogens (tertiary/aromatic N) is 10. The summed E-state index contributed by atoms with van der Waals surface area (Å²) in [6.07, 6.45) is 16.3. The number of pyridine rings is 2. The second-order valence-corrected chi connectivity index (χ2v) is 24.5. The summed E-state index contributed by atoms with van der Waals surface area (Å²) >= 11 is 14.2. The first-order chi connectivity index (χ1) is 40.2. The molecular weight excluding hydrogens is 1140 g/mol. The van der Waals surface area contributed by atoms with Crippen LogP contribution < -0.4 is 0 Å². The summed E-state index contributed by atoms with van der Waals surface area (Å²) < 4.78 is 38.1. The molecule has 12 rings (SSSR count). The molecule has 4 aromatic heterocycles. The molecule has 18 nitrogen and oxygen atoms in total. The summed E-state index contributed by atoms with van der Waals surface area (Å²) in [6.45, 7) is 17.5. The average Bonchev–Trinajstić information content (AvgIpc) is 1.59. The first-order valence-electron chi connectivity index (χ1n) is 28.6. The van der Waals surface area contributed by atoms with E-state index < -0.39 is 16.8 Å². The summed E-state index contributed by atoms with van der Waals surface area (Å²) in [5.74, 6) is -0.131. The Hall–Kier alpha value is -6.42. The van der Waals surface area contributed by atoms with Crippen LogP contribution in [0.3, 0.4) is 0 Å². The topological polar surface area (TPSA) is 175 Å². The number of piperazine rings is 2. The summed E-state index contributed by atoms with van der Waals surface area (Å²) in [6, 6.07) is 19.4. The van der Waals surface area contributed by atoms with Gasteiger partial charge in [-0.1, -0.05) is 62.3 Å². The number of epoxide rings is 1. The number of aromatic nitrogens is 6. The number of hydrogen-bond acceptors (Lipinski definition) is 15. The Kier molecular flexibility index (Phi) is 20.1. The molecule has 6 aliphatic rings. The van der Waals surface area contributed by atoms with Crippen LogP contribution in [-0.2, 0) is 42.8 Å². The number of halogens is 2. The number of amides is 2. The molecule has 85 heavy (non-hydrogen) atoms. The second-order valence-electron chi connectivity index (χ2n) is 23.2. The Morgan fingerprint density at radius 1 is 0.706 bits per heavy atom. The third kappa shape index (κ3) is 14.5. The van der Waals surface area contributed by atoms with Crippen LogP contribution in [0.2, 0.25) is 10.0 Å². The van der Waals surface area contributed by atoms with Gasteiger partial charge in [-0.05, 0) is 142 Å². The Morgan fingerprint density at radius 3 is 1.69 bits per heavy atom. The van der Waals surface area contributed by atoms with Crippen LogP contribution in [0.25, 0.3) is 23.3 Å². The van der Waals surface area contributed by atoms with Crippen molar-refractivity contribution in [3.8, 4) is 0 Å². The van der Waals surface area contributed by atoms with Gasteiger partial charge in [0.15, 0.2) is 11.9 Å². The zero-order valence-corrected chi connectivity index (χ0v) is 50.5. The largest absolute Gasteiger partial charge is 0.444 e. The zero-order valence-electron chi connectivity index (χ0n) is 49.2. The molecular formula is C64H80Cl2N10O8S. The molecule has 4 aliphatic heterocycles. The van der Waals surface area contributed by atoms with Gasteiger partial charge in [0.1, 0.15) is 16.9 Å². The van der Waals surface area contributed by atoms with E-state index in [1.165, 1.54) is 0 Å². The van der Waals surface area contributed by atoms with Gasteiger partial charge >= 0.3 is 12.2 Å². The number of rotatable bonds is 8. The highest BCUT2D eigenvalue weighted by Gasteiger charge is 2.54. The molecule has 2 unspecified atom stereocenters. The van der Waals surface area contributed by atoms with Crippen LogP contribution in [0.4, 0.5) is 9.59 Å². The molecule has 21 heteroatoms. The lowest BCUT2D eigenvalue weighted by Crippen LogP contribution is -2.51. The van der Waals surface area contributed by atoms with Gasteiger partial charge in [0, 0.05) is 121 Å². The molecule has 0 spiro atoms. The lowest BCUT2D eigenvalue weighted by Gasteiger charge is -2.40. The van der Waals surface area contributed by atoms with Gasteiger partial charge in [-0.3, -0.25) is 28.7 Å². The quantitative estimate of drug-likeness (QED) is 0.0799. The highest BCUT2D eigenvalue weighted by atomic mass is 35.5. The molecule has 6 aromatic rings. The van der Waals surface area contributed by atoms with Gasteiger partial charge in [0.25, 0.3) is 0 Å². The molecule has 4 saturated heterocycles. The highest BCUT2D eigenvalue weighted by molar-refractivity contribution is 7.93. The van der Waals surface area contributed by atoms with E-state index in [1.54, 1.807) is 46.5 Å². The molecule has 454 valence electrons. The van der Waals surface area contributed by atoms with Crippen molar-refractivity contribution in [1.29, 1.82) is 0 Å². The van der Waals surface area contributed by atoms with Crippen molar-refractivity contribution in [2.75, 3.05) is 71.8 Å². The van der Waals surface area contributed by atoms with E-state index in [0.717, 1.165) is 87.5 Å². The molecule has 0 bridgehead atoms. The summed E-state index contributed by atoms with van der Waals surface area (Å²) in [5, 5.41) is 1.22. The van der Waals surface area contributed by atoms with E-state index in [0.29, 0.717) is 80.3 Å². The fourth-order valence-electron chi connectivity index (χ4n) is 11.2. The number of benzene rings is 2. The summed E-state index contributed by atoms with van der Waals surface area (Å²) in [7, 11) is 3.79. The van der Waals surface area contributed by atoms with E-state index >= 15 is 0 Å². The van der Waals surface area contributed by atoms with Crippen molar-refractivity contribution in [3.05, 3.63) is 164 Å². The molecule has 4 atom stereocenters. The maximum atomic E-state index is 13.8. The van der Waals surface area contributed by atoms with E-state index in [1.807, 2.05) is 120 Å². The van der Waals surface area contributed by atoms with E-state index in [4.69, 9.17) is 57.7 Å². The van der Waals surface area contributed by atoms with Crippen LogP contribution in [0.15, 0.2) is 98.1 Å². The van der Waals surface area contributed by atoms with E-state index in [2.05, 4.69) is 38.0 Å². The van der Waals surface area contributed by atoms with Crippen LogP contribution in [0.5, 0.6) is 0 Å². The van der Waals surface area contributed by atoms with E-state index in [9.17, 15) is 14.4 Å². The number of imidazole rings is 2. The smallest absolute Gasteiger partial charge is 0.410 e. The minimum Gasteiger partial charge on any atom is -0.444 e. The first kappa shape index (κ1) is 63.1. The standard InChI is InChI=1S/C29H32ClN5O3.C28H30ClN5O3.C5H10O2S.2CH4/c1-28(2,3)38-27(36)35-12-10-34(11-13-35)26-21-8-7-20(30)15-22(21)23(14-19-6-5-9-32-25(19)26)29(17-37-29)24-16-31-18-33(24)4;1-28(2,3)37-27(36)34-12-10-33(11-13-34)25-20-8-7-19(29)15-21(20)22(14-18-6-5-9-31-24(18)25)26(35)23-16-30-17-32(23)4;1-8-7-5-3-2-4-6-5;;/h5-9,14-16,18,26H,10-13,17H2,1-4H3;5-9,14-17,25H,10-13H2,1-4H3;5H,2-4H2,1H3;2*1H4/t26-,29?;25-;;;/m00.../s1/i;;1D;;. The number of Topliss-reactive ketones (excluding diaryl/α,β-unsaturated/α-hetero) is 1. The van der Waals surface area contributed by atoms with Gasteiger partial charge < -0.3 is 37.9 Å². The van der Waals surface area contributed by atoms with Crippen molar-refractivity contribution in [3.63, 3.8) is 0 Å². The minimum absolute atomic E-state index is 0. The Labute approximate surface area is 516 Å². The molecule has 2 aromatic carbocycles. The fourth-order valence-corrected chi connectivity index (χ4v) is 11.9. The van der Waals surface area contributed by atoms with Gasteiger partial charge in [0.05, 0.1) is 60.8 Å². The van der Waals surface area contributed by atoms with Crippen molar-refractivity contribution < 1.29 is 38.9 Å². The Morgan fingerprint density at radius 2 is 1.22 bits per heavy atom. The second kappa shape index (κ2) is 27.1. The Balaban J connectivity index is 0.000000191. The van der Waals surface area contributed by atoms with Crippen LogP contribution in [0.1, 0.15) is 144 Å². The van der Waals surface area contributed by atoms with Gasteiger partial charge in [0.2, 0.25) is 5.78 Å². The zero-order chi connectivity index (χ0) is 59.5. The molecule has 0 radical (unpaired) electrons. The van der Waals surface area contributed by atoms with Crippen LogP contribution in [-0.4, -0.2) is 156 Å². The molecule has 0 N–H and O–H groups in total. The number of carbonyl (C=O) groups is 3. The molecule has 2 aliphatic carbocycles. The van der Waals surface area contributed by atoms with Crippen LogP contribution in [0, 0.1) is 0 Å². The van der Waals surface area contributed by atoms with Crippen molar-refractivity contribution >= 4 is 76.5 Å².